The molecule has 0 fully saturated rings. The highest BCUT2D eigenvalue weighted by molar-refractivity contribution is 9.10. The second-order valence-corrected chi connectivity index (χ2v) is 5.65. The third kappa shape index (κ3) is 3.38. The van der Waals surface area contributed by atoms with Gasteiger partial charge in [-0.15, -0.1) is 0 Å². The maximum Gasteiger partial charge on any atom is 0.127 e. The van der Waals surface area contributed by atoms with Gasteiger partial charge in [0.05, 0.1) is 13.4 Å². The van der Waals surface area contributed by atoms with Gasteiger partial charge >= 0.3 is 0 Å². The molecule has 1 heterocycles. The first-order valence-corrected chi connectivity index (χ1v) is 7.25. The standard InChI is InChI=1S/C15H19BrN2O/c1-10(2)12-8-11(5-7-14(12)19-3)4-6-13-15(16)18-9-17-13/h5,7-10H,4,6H2,1-3H3,(H,17,18). The zero-order valence-electron chi connectivity index (χ0n) is 11.5. The zero-order chi connectivity index (χ0) is 13.8. The number of hydrogen-bond donors (Lipinski definition) is 1. The molecule has 4 heteroatoms. The number of H-pyrrole nitrogens is 1. The summed E-state index contributed by atoms with van der Waals surface area (Å²) in [5, 5.41) is 0. The molecule has 1 N–H and O–H groups in total. The number of ether oxygens (including phenoxy) is 1. The lowest BCUT2D eigenvalue weighted by Crippen LogP contribution is -1.98. The number of rotatable bonds is 5. The van der Waals surface area contributed by atoms with Crippen molar-refractivity contribution < 1.29 is 4.74 Å². The van der Waals surface area contributed by atoms with Gasteiger partial charge in [0.1, 0.15) is 10.4 Å². The van der Waals surface area contributed by atoms with Gasteiger partial charge in [-0.2, -0.15) is 0 Å². The summed E-state index contributed by atoms with van der Waals surface area (Å²) in [6, 6.07) is 6.44. The summed E-state index contributed by atoms with van der Waals surface area (Å²) < 4.78 is 6.31. The van der Waals surface area contributed by atoms with Gasteiger partial charge in [-0.05, 0) is 51.9 Å². The average molecular weight is 323 g/mol. The fourth-order valence-corrected chi connectivity index (χ4v) is 2.55. The number of aryl methyl sites for hydroxylation is 2. The molecule has 0 radical (unpaired) electrons. The van der Waals surface area contributed by atoms with Crippen molar-refractivity contribution in [2.24, 2.45) is 0 Å². The Balaban J connectivity index is 2.13. The van der Waals surface area contributed by atoms with E-state index in [4.69, 9.17) is 4.74 Å². The van der Waals surface area contributed by atoms with E-state index in [2.05, 4.69) is 57.9 Å². The van der Waals surface area contributed by atoms with Crippen molar-refractivity contribution >= 4 is 15.9 Å². The van der Waals surface area contributed by atoms with Gasteiger partial charge in [0.2, 0.25) is 0 Å². The Hall–Kier alpha value is -1.29. The fraction of sp³-hybridized carbons (Fsp3) is 0.400. The normalized spacial score (nSPS) is 11.0. The molecule has 0 aliphatic carbocycles. The van der Waals surface area contributed by atoms with E-state index in [1.807, 2.05) is 0 Å². The number of aromatic amines is 1. The van der Waals surface area contributed by atoms with Crippen molar-refractivity contribution in [3.63, 3.8) is 0 Å². The van der Waals surface area contributed by atoms with E-state index in [1.165, 1.54) is 11.1 Å². The molecular formula is C15H19BrN2O. The summed E-state index contributed by atoms with van der Waals surface area (Å²) in [5.74, 6) is 1.44. The van der Waals surface area contributed by atoms with E-state index < -0.39 is 0 Å². The van der Waals surface area contributed by atoms with Crippen LogP contribution in [0.5, 0.6) is 5.75 Å². The highest BCUT2D eigenvalue weighted by Crippen LogP contribution is 2.27. The van der Waals surface area contributed by atoms with Gasteiger partial charge in [0, 0.05) is 5.69 Å². The summed E-state index contributed by atoms with van der Waals surface area (Å²) in [7, 11) is 1.72. The molecule has 1 aromatic heterocycles. The SMILES string of the molecule is COc1ccc(CCc2[nH]cnc2Br)cc1C(C)C. The summed E-state index contributed by atoms with van der Waals surface area (Å²) in [6.07, 6.45) is 3.65. The minimum atomic E-state index is 0.466. The minimum absolute atomic E-state index is 0.466. The Morgan fingerprint density at radius 1 is 1.32 bits per heavy atom. The number of nitrogens with zero attached hydrogens (tertiary/aromatic N) is 1. The smallest absolute Gasteiger partial charge is 0.127 e. The van der Waals surface area contributed by atoms with Gasteiger partial charge < -0.3 is 9.72 Å². The predicted octanol–water partition coefficient (Wildman–Crippen LogP) is 4.09. The molecule has 0 bridgehead atoms. The maximum absolute atomic E-state index is 5.41. The summed E-state index contributed by atoms with van der Waals surface area (Å²) in [6.45, 7) is 4.38. The van der Waals surface area contributed by atoms with Crippen LogP contribution >= 0.6 is 15.9 Å². The molecule has 0 unspecified atom stereocenters. The minimum Gasteiger partial charge on any atom is -0.496 e. The van der Waals surface area contributed by atoms with Crippen molar-refractivity contribution in [1.82, 2.24) is 9.97 Å². The van der Waals surface area contributed by atoms with Crippen molar-refractivity contribution in [2.75, 3.05) is 7.11 Å². The number of hydrogen-bond acceptors (Lipinski definition) is 2. The maximum atomic E-state index is 5.41. The van der Waals surface area contributed by atoms with Crippen LogP contribution in [0, 0.1) is 0 Å². The first-order chi connectivity index (χ1) is 9.11. The molecule has 1 aromatic carbocycles. The highest BCUT2D eigenvalue weighted by Gasteiger charge is 2.09. The lowest BCUT2D eigenvalue weighted by molar-refractivity contribution is 0.407. The number of aromatic nitrogens is 2. The van der Waals surface area contributed by atoms with Crippen molar-refractivity contribution in [3.8, 4) is 5.75 Å². The largest absolute Gasteiger partial charge is 0.496 e. The second kappa shape index (κ2) is 6.24. The number of halogens is 1. The second-order valence-electron chi connectivity index (χ2n) is 4.90. The van der Waals surface area contributed by atoms with Crippen LogP contribution in [-0.2, 0) is 12.8 Å². The van der Waals surface area contributed by atoms with E-state index in [0.29, 0.717) is 5.92 Å². The molecule has 0 saturated carbocycles. The molecular weight excluding hydrogens is 304 g/mol. The lowest BCUT2D eigenvalue weighted by Gasteiger charge is -2.13. The van der Waals surface area contributed by atoms with E-state index in [-0.39, 0.29) is 0 Å². The number of imidazole rings is 1. The van der Waals surface area contributed by atoms with Crippen molar-refractivity contribution in [1.29, 1.82) is 0 Å². The zero-order valence-corrected chi connectivity index (χ0v) is 13.1. The Morgan fingerprint density at radius 3 is 2.68 bits per heavy atom. The Morgan fingerprint density at radius 2 is 2.11 bits per heavy atom. The summed E-state index contributed by atoms with van der Waals surface area (Å²) in [5.41, 5.74) is 3.73. The van der Waals surface area contributed by atoms with Crippen molar-refractivity contribution in [3.05, 3.63) is 46.0 Å². The molecule has 102 valence electrons. The van der Waals surface area contributed by atoms with Crippen LogP contribution in [0.1, 0.15) is 36.6 Å². The Labute approximate surface area is 122 Å². The van der Waals surface area contributed by atoms with Crippen LogP contribution in [0.3, 0.4) is 0 Å². The fourth-order valence-electron chi connectivity index (χ4n) is 2.14. The molecule has 19 heavy (non-hydrogen) atoms. The van der Waals surface area contributed by atoms with Crippen LogP contribution in [0.25, 0.3) is 0 Å². The van der Waals surface area contributed by atoms with Crippen molar-refractivity contribution in [2.45, 2.75) is 32.6 Å². The quantitative estimate of drug-likeness (QED) is 0.900. The Bertz CT molecular complexity index is 549. The third-order valence-electron chi connectivity index (χ3n) is 3.25. The number of benzene rings is 1. The third-order valence-corrected chi connectivity index (χ3v) is 3.93. The van der Waals surface area contributed by atoms with Crippen LogP contribution in [0.2, 0.25) is 0 Å². The predicted molar refractivity (Wildman–Crippen MR) is 80.8 cm³/mol. The van der Waals surface area contributed by atoms with Crippen LogP contribution < -0.4 is 4.74 Å². The van der Waals surface area contributed by atoms with Crippen LogP contribution in [0.4, 0.5) is 0 Å². The highest BCUT2D eigenvalue weighted by atomic mass is 79.9. The molecule has 0 aliphatic heterocycles. The average Bonchev–Trinajstić information content (AvgIpc) is 2.81. The molecule has 2 rings (SSSR count). The van der Waals surface area contributed by atoms with E-state index in [1.54, 1.807) is 13.4 Å². The molecule has 2 aromatic rings. The molecule has 0 amide bonds. The molecule has 0 spiro atoms. The van der Waals surface area contributed by atoms with Gasteiger partial charge in [-0.1, -0.05) is 26.0 Å². The molecule has 0 saturated heterocycles. The van der Waals surface area contributed by atoms with Gasteiger partial charge in [-0.3, -0.25) is 0 Å². The van der Waals surface area contributed by atoms with E-state index in [0.717, 1.165) is 28.9 Å². The summed E-state index contributed by atoms with van der Waals surface area (Å²) in [4.78, 5) is 7.30. The summed E-state index contributed by atoms with van der Waals surface area (Å²) >= 11 is 3.44. The monoisotopic (exact) mass is 322 g/mol. The van der Waals surface area contributed by atoms with E-state index in [9.17, 15) is 0 Å². The van der Waals surface area contributed by atoms with Gasteiger partial charge in [0.15, 0.2) is 0 Å². The van der Waals surface area contributed by atoms with Crippen LogP contribution in [-0.4, -0.2) is 17.1 Å². The molecule has 0 atom stereocenters. The molecule has 0 aliphatic rings. The number of nitrogens with one attached hydrogen (secondary N) is 1. The first kappa shape index (κ1) is 14.1. The van der Waals surface area contributed by atoms with Crippen LogP contribution in [0.15, 0.2) is 29.1 Å². The van der Waals surface area contributed by atoms with Gasteiger partial charge in [-0.25, -0.2) is 4.98 Å². The van der Waals surface area contributed by atoms with E-state index >= 15 is 0 Å². The number of methoxy groups -OCH3 is 1. The topological polar surface area (TPSA) is 37.9 Å². The first-order valence-electron chi connectivity index (χ1n) is 6.46. The molecule has 3 nitrogen and oxygen atoms in total. The van der Waals surface area contributed by atoms with Gasteiger partial charge in [0.25, 0.3) is 0 Å². The lowest BCUT2D eigenvalue weighted by atomic mass is 9.97. The Kier molecular flexibility index (Phi) is 4.64.